The van der Waals surface area contributed by atoms with Gasteiger partial charge in [0.05, 0.1) is 11.4 Å². The lowest BCUT2D eigenvalue weighted by Gasteiger charge is -2.16. The lowest BCUT2D eigenvalue weighted by molar-refractivity contribution is 0.231. The van der Waals surface area contributed by atoms with Gasteiger partial charge in [0, 0.05) is 28.2 Å². The predicted octanol–water partition coefficient (Wildman–Crippen LogP) is 5.18. The number of benzene rings is 2. The number of aromatic nitrogens is 2. The molecule has 0 bridgehead atoms. The van der Waals surface area contributed by atoms with Crippen LogP contribution in [0.4, 0.5) is 17.2 Å². The fraction of sp³-hybridized carbons (Fsp3) is 0.320. The van der Waals surface area contributed by atoms with E-state index in [4.69, 9.17) is 39.4 Å². The molecule has 0 amide bonds. The number of rotatable bonds is 7. The van der Waals surface area contributed by atoms with Crippen molar-refractivity contribution in [2.24, 2.45) is 10.7 Å². The molecule has 1 aliphatic heterocycles. The third-order valence-electron chi connectivity index (χ3n) is 5.76. The summed E-state index contributed by atoms with van der Waals surface area (Å²) < 4.78 is 5.84. The van der Waals surface area contributed by atoms with Crippen molar-refractivity contribution in [3.63, 3.8) is 0 Å². The first-order valence-corrected chi connectivity index (χ1v) is 12.2. The van der Waals surface area contributed by atoms with Crippen LogP contribution in [0.2, 0.25) is 10.0 Å². The Labute approximate surface area is 215 Å². The normalized spacial score (nSPS) is 14.3. The second-order valence-corrected chi connectivity index (χ2v) is 9.30. The van der Waals surface area contributed by atoms with Crippen molar-refractivity contribution in [2.45, 2.75) is 26.7 Å². The van der Waals surface area contributed by atoms with Gasteiger partial charge < -0.3 is 21.5 Å². The van der Waals surface area contributed by atoms with Gasteiger partial charge in [0.15, 0.2) is 11.8 Å². The maximum Gasteiger partial charge on any atom is 0.218 e. The van der Waals surface area contributed by atoms with Crippen molar-refractivity contribution in [1.29, 1.82) is 0 Å². The Kier molecular flexibility index (Phi) is 7.95. The van der Waals surface area contributed by atoms with Crippen LogP contribution in [-0.4, -0.2) is 47.1 Å². The molecule has 3 aromatic rings. The second-order valence-electron chi connectivity index (χ2n) is 8.48. The van der Waals surface area contributed by atoms with Gasteiger partial charge in [0.2, 0.25) is 5.88 Å². The van der Waals surface area contributed by atoms with Crippen molar-refractivity contribution in [2.75, 3.05) is 37.3 Å². The van der Waals surface area contributed by atoms with Crippen LogP contribution in [0.25, 0.3) is 11.1 Å². The molecule has 1 aliphatic rings. The largest absolute Gasteiger partial charge is 0.476 e. The summed E-state index contributed by atoms with van der Waals surface area (Å²) in [4.78, 5) is 15.5. The van der Waals surface area contributed by atoms with E-state index in [1.54, 1.807) is 37.3 Å². The summed E-state index contributed by atoms with van der Waals surface area (Å²) in [7, 11) is 0. The summed E-state index contributed by atoms with van der Waals surface area (Å²) in [6.07, 6.45) is 2.50. The molecule has 1 saturated heterocycles. The van der Waals surface area contributed by atoms with Crippen molar-refractivity contribution in [1.82, 2.24) is 14.9 Å². The zero-order chi connectivity index (χ0) is 24.9. The molecular formula is C25H29Cl2N7O. The summed E-state index contributed by atoms with van der Waals surface area (Å²) in [6.45, 7) is 7.39. The van der Waals surface area contributed by atoms with E-state index >= 15 is 0 Å². The Balaban J connectivity index is 1.49. The lowest BCUT2D eigenvalue weighted by Crippen LogP contribution is -2.25. The van der Waals surface area contributed by atoms with Crippen molar-refractivity contribution < 1.29 is 4.74 Å². The Morgan fingerprint density at radius 2 is 1.83 bits per heavy atom. The number of guanidine groups is 1. The van der Waals surface area contributed by atoms with Crippen LogP contribution in [0.5, 0.6) is 5.88 Å². The van der Waals surface area contributed by atoms with Crippen LogP contribution < -0.4 is 21.5 Å². The van der Waals surface area contributed by atoms with Crippen LogP contribution in [0, 0.1) is 13.8 Å². The summed E-state index contributed by atoms with van der Waals surface area (Å²) in [6, 6.07) is 10.8. The van der Waals surface area contributed by atoms with Gasteiger partial charge in [-0.15, -0.1) is 0 Å². The first-order chi connectivity index (χ1) is 16.8. The minimum absolute atomic E-state index is 0.143. The molecule has 0 spiro atoms. The molecule has 1 aromatic heterocycles. The maximum atomic E-state index is 6.37. The Morgan fingerprint density at radius 3 is 2.51 bits per heavy atom. The molecular weight excluding hydrogens is 485 g/mol. The number of ether oxygens (including phenoxy) is 1. The molecule has 2 aromatic carbocycles. The van der Waals surface area contributed by atoms with Gasteiger partial charge in [-0.3, -0.25) is 4.90 Å². The van der Waals surface area contributed by atoms with Crippen molar-refractivity contribution in [3.8, 4) is 17.0 Å². The number of likely N-dealkylation sites (tertiary alicyclic amines) is 1. The van der Waals surface area contributed by atoms with Gasteiger partial charge in [-0.25, -0.2) is 4.98 Å². The number of halogens is 2. The average Bonchev–Trinajstić information content (AvgIpc) is 3.29. The minimum atomic E-state index is 0.143. The summed E-state index contributed by atoms with van der Waals surface area (Å²) in [5, 5.41) is 4.19. The van der Waals surface area contributed by atoms with Crippen LogP contribution >= 0.6 is 23.2 Å². The molecule has 0 radical (unpaired) electrons. The van der Waals surface area contributed by atoms with Crippen molar-refractivity contribution >= 4 is 46.4 Å². The van der Waals surface area contributed by atoms with Crippen molar-refractivity contribution in [3.05, 3.63) is 57.8 Å². The zero-order valence-electron chi connectivity index (χ0n) is 19.8. The van der Waals surface area contributed by atoms with Gasteiger partial charge >= 0.3 is 0 Å². The fourth-order valence-corrected chi connectivity index (χ4v) is 4.74. The standard InChI is InChI=1S/C25H29Cl2N7O/c1-15-12-17(23-18(26)6-5-7-19(23)27)13-20(28)24(15)33-25(29)32-21-14-22(31-16(2)30-21)35-11-10-34-8-3-4-9-34/h5-7,12-14H,3-4,8-11,28H2,1-2H3,(H3,29,30,31,32,33). The van der Waals surface area contributed by atoms with E-state index < -0.39 is 0 Å². The molecule has 0 saturated carbocycles. The highest BCUT2D eigenvalue weighted by atomic mass is 35.5. The minimum Gasteiger partial charge on any atom is -0.476 e. The maximum absolute atomic E-state index is 6.37. The second kappa shape index (κ2) is 11.1. The van der Waals surface area contributed by atoms with Gasteiger partial charge in [0.25, 0.3) is 0 Å². The van der Waals surface area contributed by atoms with E-state index in [1.807, 2.05) is 13.0 Å². The first-order valence-electron chi connectivity index (χ1n) is 11.5. The quantitative estimate of drug-likeness (QED) is 0.226. The van der Waals surface area contributed by atoms with Gasteiger partial charge in [-0.05, 0) is 75.2 Å². The van der Waals surface area contributed by atoms with Gasteiger partial charge in [0.1, 0.15) is 12.4 Å². The third-order valence-corrected chi connectivity index (χ3v) is 6.39. The number of nitrogens with zero attached hydrogens (tertiary/aromatic N) is 4. The lowest BCUT2D eigenvalue weighted by atomic mass is 10.0. The van der Waals surface area contributed by atoms with E-state index in [2.05, 4.69) is 25.2 Å². The number of nitrogens with one attached hydrogen (secondary N) is 1. The molecule has 184 valence electrons. The highest BCUT2D eigenvalue weighted by Gasteiger charge is 2.14. The van der Waals surface area contributed by atoms with E-state index in [9.17, 15) is 0 Å². The first kappa shape index (κ1) is 25.0. The van der Waals surface area contributed by atoms with Crippen LogP contribution in [0.15, 0.2) is 41.4 Å². The van der Waals surface area contributed by atoms with Gasteiger partial charge in [-0.2, -0.15) is 9.98 Å². The Morgan fingerprint density at radius 1 is 1.11 bits per heavy atom. The predicted molar refractivity (Wildman–Crippen MR) is 144 cm³/mol. The molecule has 1 fully saturated rings. The van der Waals surface area contributed by atoms with Crippen LogP contribution in [-0.2, 0) is 0 Å². The van der Waals surface area contributed by atoms with E-state index in [0.29, 0.717) is 45.5 Å². The van der Waals surface area contributed by atoms with Crippen LogP contribution in [0.3, 0.4) is 0 Å². The molecule has 10 heteroatoms. The van der Waals surface area contributed by atoms with E-state index in [-0.39, 0.29) is 5.96 Å². The Bertz CT molecular complexity index is 1200. The molecule has 4 rings (SSSR count). The number of aliphatic imine (C=N–C) groups is 1. The van der Waals surface area contributed by atoms with Gasteiger partial charge in [-0.1, -0.05) is 29.3 Å². The highest BCUT2D eigenvalue weighted by Crippen LogP contribution is 2.38. The smallest absolute Gasteiger partial charge is 0.218 e. The molecule has 2 heterocycles. The number of anilines is 2. The van der Waals surface area contributed by atoms with E-state index in [0.717, 1.165) is 36.3 Å². The third kappa shape index (κ3) is 6.33. The number of aryl methyl sites for hydroxylation is 2. The van der Waals surface area contributed by atoms with Crippen LogP contribution in [0.1, 0.15) is 24.2 Å². The summed E-state index contributed by atoms with van der Waals surface area (Å²) in [5.41, 5.74) is 16.1. The molecule has 0 atom stereocenters. The molecule has 0 aliphatic carbocycles. The highest BCUT2D eigenvalue weighted by molar-refractivity contribution is 6.39. The molecule has 0 unspecified atom stereocenters. The van der Waals surface area contributed by atoms with E-state index in [1.165, 1.54) is 12.8 Å². The Hall–Kier alpha value is -3.07. The topological polar surface area (TPSA) is 115 Å². The zero-order valence-corrected chi connectivity index (χ0v) is 21.3. The summed E-state index contributed by atoms with van der Waals surface area (Å²) in [5.74, 6) is 1.56. The summed E-state index contributed by atoms with van der Waals surface area (Å²) >= 11 is 12.7. The molecule has 5 N–H and O–H groups in total. The number of hydrogen-bond acceptors (Lipinski definition) is 6. The molecule has 8 nitrogen and oxygen atoms in total. The SMILES string of the molecule is Cc1nc(/N=C(\N)Nc2c(C)cc(-c3c(Cl)cccc3Cl)cc2N)cc(OCCN2CCCC2)n1. The fourth-order valence-electron chi connectivity index (χ4n) is 4.12. The number of nitrogens with two attached hydrogens (primary N) is 2. The monoisotopic (exact) mass is 513 g/mol. The average molecular weight is 514 g/mol. The molecule has 35 heavy (non-hydrogen) atoms. The number of nitrogen functional groups attached to an aromatic ring is 1. The number of hydrogen-bond donors (Lipinski definition) is 3.